The van der Waals surface area contributed by atoms with E-state index in [2.05, 4.69) is 20.9 Å². The van der Waals surface area contributed by atoms with E-state index in [1.165, 1.54) is 0 Å². The smallest absolute Gasteiger partial charge is 0.146 e. The van der Waals surface area contributed by atoms with E-state index in [-0.39, 0.29) is 0 Å². The number of phenols is 1. The first-order chi connectivity index (χ1) is 10.3. The lowest BCUT2D eigenvalue weighted by molar-refractivity contribution is 0.472. The molecule has 21 heavy (non-hydrogen) atoms. The second-order valence-corrected chi connectivity index (χ2v) is 4.95. The van der Waals surface area contributed by atoms with Gasteiger partial charge in [0.1, 0.15) is 17.6 Å². The number of anilines is 2. The third-order valence-corrected chi connectivity index (χ3v) is 3.71. The molecule has 2 aromatic rings. The number of hydrogen-bond acceptors (Lipinski definition) is 5. The fourth-order valence-electron chi connectivity index (χ4n) is 2.63. The van der Waals surface area contributed by atoms with Gasteiger partial charge in [0.15, 0.2) is 0 Å². The molecule has 1 aromatic heterocycles. The second-order valence-electron chi connectivity index (χ2n) is 4.95. The van der Waals surface area contributed by atoms with Gasteiger partial charge in [-0.3, -0.25) is 0 Å². The topological polar surface area (TPSA) is 63.4 Å². The summed E-state index contributed by atoms with van der Waals surface area (Å²) >= 11 is 0. The zero-order valence-electron chi connectivity index (χ0n) is 11.6. The molecule has 3 rings (SSSR count). The van der Waals surface area contributed by atoms with Crippen molar-refractivity contribution in [2.45, 2.75) is 0 Å². The van der Waals surface area contributed by atoms with Gasteiger partial charge in [-0.2, -0.15) is 5.26 Å². The fourth-order valence-corrected chi connectivity index (χ4v) is 2.63. The summed E-state index contributed by atoms with van der Waals surface area (Å²) in [7, 11) is 0. The third kappa shape index (κ3) is 2.61. The van der Waals surface area contributed by atoms with E-state index in [9.17, 15) is 5.11 Å². The van der Waals surface area contributed by atoms with Crippen molar-refractivity contribution in [3.8, 4) is 11.8 Å². The van der Waals surface area contributed by atoms with Gasteiger partial charge in [-0.25, -0.2) is 4.98 Å². The highest BCUT2D eigenvalue weighted by molar-refractivity contribution is 5.60. The van der Waals surface area contributed by atoms with E-state index in [1.807, 2.05) is 18.2 Å². The summed E-state index contributed by atoms with van der Waals surface area (Å²) in [4.78, 5) is 8.60. The number of rotatable bonds is 2. The maximum absolute atomic E-state index is 9.92. The predicted molar refractivity (Wildman–Crippen MR) is 81.5 cm³/mol. The minimum Gasteiger partial charge on any atom is -0.506 e. The van der Waals surface area contributed by atoms with Gasteiger partial charge < -0.3 is 14.9 Å². The van der Waals surface area contributed by atoms with Gasteiger partial charge in [0.05, 0.1) is 11.3 Å². The maximum Gasteiger partial charge on any atom is 0.146 e. The summed E-state index contributed by atoms with van der Waals surface area (Å²) in [5.74, 6) is 1.05. The van der Waals surface area contributed by atoms with Crippen molar-refractivity contribution >= 4 is 11.5 Å². The molecule has 0 bridgehead atoms. The van der Waals surface area contributed by atoms with Crippen molar-refractivity contribution in [1.82, 2.24) is 4.98 Å². The maximum atomic E-state index is 9.92. The van der Waals surface area contributed by atoms with Crippen molar-refractivity contribution in [2.75, 3.05) is 36.0 Å². The normalized spacial score (nSPS) is 14.8. The van der Waals surface area contributed by atoms with Crippen LogP contribution in [0.3, 0.4) is 0 Å². The Morgan fingerprint density at radius 3 is 2.43 bits per heavy atom. The average Bonchev–Trinajstić information content (AvgIpc) is 2.55. The number of piperazine rings is 1. The number of benzene rings is 1. The van der Waals surface area contributed by atoms with Crippen molar-refractivity contribution < 1.29 is 5.11 Å². The molecular formula is C16H16N4O. The Bertz CT molecular complexity index is 672. The molecule has 1 aliphatic rings. The molecular weight excluding hydrogens is 264 g/mol. The summed E-state index contributed by atoms with van der Waals surface area (Å²) < 4.78 is 0. The number of nitriles is 1. The molecule has 5 heteroatoms. The average molecular weight is 280 g/mol. The highest BCUT2D eigenvalue weighted by Crippen LogP contribution is 2.28. The summed E-state index contributed by atoms with van der Waals surface area (Å²) in [5, 5.41) is 19.1. The first-order valence-corrected chi connectivity index (χ1v) is 6.92. The molecule has 0 atom stereocenters. The van der Waals surface area contributed by atoms with Gasteiger partial charge in [0.2, 0.25) is 0 Å². The summed E-state index contributed by atoms with van der Waals surface area (Å²) in [6.45, 7) is 3.14. The highest BCUT2D eigenvalue weighted by Gasteiger charge is 2.21. The number of hydrogen-bond donors (Lipinski definition) is 1. The molecule has 1 saturated heterocycles. The zero-order chi connectivity index (χ0) is 14.7. The first kappa shape index (κ1) is 13.3. The van der Waals surface area contributed by atoms with Gasteiger partial charge in [0, 0.05) is 32.4 Å². The Morgan fingerprint density at radius 1 is 1.00 bits per heavy atom. The minimum absolute atomic E-state index is 0.307. The quantitative estimate of drug-likeness (QED) is 0.911. The van der Waals surface area contributed by atoms with Gasteiger partial charge in [-0.15, -0.1) is 0 Å². The molecule has 0 unspecified atom stereocenters. The molecule has 106 valence electrons. The number of aromatic hydroxyl groups is 1. The molecule has 1 aliphatic heterocycles. The van der Waals surface area contributed by atoms with Gasteiger partial charge >= 0.3 is 0 Å². The van der Waals surface area contributed by atoms with E-state index < -0.39 is 0 Å². The molecule has 0 saturated carbocycles. The lowest BCUT2D eigenvalue weighted by Gasteiger charge is -2.37. The van der Waals surface area contributed by atoms with Crippen LogP contribution in [0.25, 0.3) is 0 Å². The molecule has 1 fully saturated rings. The number of aromatic nitrogens is 1. The number of para-hydroxylation sites is 2. The van der Waals surface area contributed by atoms with Crippen LogP contribution in [0.5, 0.6) is 5.75 Å². The van der Waals surface area contributed by atoms with E-state index >= 15 is 0 Å². The fraction of sp³-hybridized carbons (Fsp3) is 0.250. The molecule has 0 radical (unpaired) electrons. The predicted octanol–water partition coefficient (Wildman–Crippen LogP) is 1.99. The van der Waals surface area contributed by atoms with Crippen LogP contribution >= 0.6 is 0 Å². The van der Waals surface area contributed by atoms with E-state index in [0.717, 1.165) is 37.7 Å². The van der Waals surface area contributed by atoms with Crippen molar-refractivity contribution in [3.05, 3.63) is 48.2 Å². The Hall–Kier alpha value is -2.74. The first-order valence-electron chi connectivity index (χ1n) is 6.92. The van der Waals surface area contributed by atoms with Gasteiger partial charge in [0.25, 0.3) is 0 Å². The van der Waals surface area contributed by atoms with Crippen molar-refractivity contribution in [1.29, 1.82) is 5.26 Å². The zero-order valence-corrected chi connectivity index (χ0v) is 11.6. The second kappa shape index (κ2) is 5.71. The molecule has 1 N–H and O–H groups in total. The number of pyridine rings is 1. The SMILES string of the molecule is N#Cc1cccnc1N1CCN(c2ccccc2O)CC1. The lowest BCUT2D eigenvalue weighted by atomic mass is 10.2. The Labute approximate surface area is 123 Å². The molecule has 2 heterocycles. The van der Waals surface area contributed by atoms with Crippen LogP contribution in [-0.2, 0) is 0 Å². The minimum atomic E-state index is 0.307. The number of nitrogens with zero attached hydrogens (tertiary/aromatic N) is 4. The molecule has 0 aliphatic carbocycles. The molecule has 0 amide bonds. The van der Waals surface area contributed by atoms with E-state index in [4.69, 9.17) is 5.26 Å². The largest absolute Gasteiger partial charge is 0.506 e. The van der Waals surface area contributed by atoms with Gasteiger partial charge in [-0.1, -0.05) is 12.1 Å². The van der Waals surface area contributed by atoms with Crippen LogP contribution < -0.4 is 9.80 Å². The molecule has 0 spiro atoms. The van der Waals surface area contributed by atoms with Crippen molar-refractivity contribution in [2.24, 2.45) is 0 Å². The number of phenolic OH excluding ortho intramolecular Hbond substituents is 1. The Morgan fingerprint density at radius 2 is 1.71 bits per heavy atom. The standard InChI is InChI=1S/C16H16N4O/c17-12-13-4-3-7-18-16(13)20-10-8-19(9-11-20)14-5-1-2-6-15(14)21/h1-7,21H,8-11H2. The van der Waals surface area contributed by atoms with E-state index in [1.54, 1.807) is 24.4 Å². The van der Waals surface area contributed by atoms with Gasteiger partial charge in [-0.05, 0) is 24.3 Å². The van der Waals surface area contributed by atoms with Crippen molar-refractivity contribution in [3.63, 3.8) is 0 Å². The van der Waals surface area contributed by atoms with Crippen LogP contribution in [-0.4, -0.2) is 36.3 Å². The summed E-state index contributed by atoms with van der Waals surface area (Å²) in [6.07, 6.45) is 1.71. The highest BCUT2D eigenvalue weighted by atomic mass is 16.3. The lowest BCUT2D eigenvalue weighted by Crippen LogP contribution is -2.47. The molecule has 5 nitrogen and oxygen atoms in total. The summed E-state index contributed by atoms with van der Waals surface area (Å²) in [5.41, 5.74) is 1.46. The van der Waals surface area contributed by atoms with Crippen LogP contribution in [0.2, 0.25) is 0 Å². The summed E-state index contributed by atoms with van der Waals surface area (Å²) in [6, 6.07) is 13.1. The molecule has 1 aromatic carbocycles. The Kier molecular flexibility index (Phi) is 3.61. The van der Waals surface area contributed by atoms with Crippen LogP contribution in [0, 0.1) is 11.3 Å². The monoisotopic (exact) mass is 280 g/mol. The Balaban J connectivity index is 1.74. The van der Waals surface area contributed by atoms with Crippen LogP contribution in [0.15, 0.2) is 42.6 Å². The van der Waals surface area contributed by atoms with Crippen LogP contribution in [0.1, 0.15) is 5.56 Å². The van der Waals surface area contributed by atoms with Crippen LogP contribution in [0.4, 0.5) is 11.5 Å². The van der Waals surface area contributed by atoms with E-state index in [0.29, 0.717) is 11.3 Å². The third-order valence-electron chi connectivity index (χ3n) is 3.71.